The fraction of sp³-hybridized carbons (Fsp3) is 0.533. The third kappa shape index (κ3) is 4.04. The van der Waals surface area contributed by atoms with Crippen LogP contribution in [0.4, 0.5) is 0 Å². The van der Waals surface area contributed by atoms with E-state index in [1.807, 2.05) is 30.3 Å². The minimum Gasteiger partial charge on any atom is -0.394 e. The first-order chi connectivity index (χ1) is 9.19. The lowest BCUT2D eigenvalue weighted by molar-refractivity contribution is -0.125. The molecule has 4 nitrogen and oxygen atoms in total. The summed E-state index contributed by atoms with van der Waals surface area (Å²) in [7, 11) is 0. The number of hydrogen-bond acceptors (Lipinski definition) is 3. The predicted molar refractivity (Wildman–Crippen MR) is 74.5 cm³/mol. The first-order valence-electron chi connectivity index (χ1n) is 6.89. The van der Waals surface area contributed by atoms with Gasteiger partial charge in [0.05, 0.1) is 12.6 Å². The largest absolute Gasteiger partial charge is 0.394 e. The summed E-state index contributed by atoms with van der Waals surface area (Å²) < 4.78 is 0. The summed E-state index contributed by atoms with van der Waals surface area (Å²) in [4.78, 5) is 12.1. The van der Waals surface area contributed by atoms with Crippen LogP contribution in [0.2, 0.25) is 0 Å². The van der Waals surface area contributed by atoms with Gasteiger partial charge in [0, 0.05) is 12.0 Å². The molecule has 4 heteroatoms. The van der Waals surface area contributed by atoms with Crippen LogP contribution in [0.15, 0.2) is 30.3 Å². The molecule has 0 bridgehead atoms. The van der Waals surface area contributed by atoms with Crippen LogP contribution >= 0.6 is 0 Å². The van der Waals surface area contributed by atoms with E-state index in [4.69, 9.17) is 5.73 Å². The van der Waals surface area contributed by atoms with Gasteiger partial charge < -0.3 is 16.2 Å². The fourth-order valence-corrected chi connectivity index (χ4v) is 2.63. The standard InChI is InChI=1S/C15H22N2O2/c16-13-7-6-12(9-13)15(19)17-14(10-18)8-11-4-2-1-3-5-11/h1-5,12-14,18H,6-10,16H2,(H,17,19)/t12?,13?,14-/m1/s1. The van der Waals surface area contributed by atoms with Gasteiger partial charge in [-0.3, -0.25) is 4.79 Å². The summed E-state index contributed by atoms with van der Waals surface area (Å²) in [6.07, 6.45) is 3.19. The molecule has 104 valence electrons. The average Bonchev–Trinajstić information content (AvgIpc) is 2.86. The van der Waals surface area contributed by atoms with E-state index >= 15 is 0 Å². The minimum absolute atomic E-state index is 0.0137. The Morgan fingerprint density at radius 1 is 1.37 bits per heavy atom. The lowest BCUT2D eigenvalue weighted by atomic mass is 10.0. The zero-order valence-corrected chi connectivity index (χ0v) is 11.1. The van der Waals surface area contributed by atoms with Crippen LogP contribution in [0.5, 0.6) is 0 Å². The van der Waals surface area contributed by atoms with Crippen LogP contribution < -0.4 is 11.1 Å². The van der Waals surface area contributed by atoms with Gasteiger partial charge in [-0.25, -0.2) is 0 Å². The van der Waals surface area contributed by atoms with Crippen molar-refractivity contribution in [1.29, 1.82) is 0 Å². The Labute approximate surface area is 114 Å². The highest BCUT2D eigenvalue weighted by molar-refractivity contribution is 5.79. The second-order valence-corrected chi connectivity index (χ2v) is 5.35. The lowest BCUT2D eigenvalue weighted by Gasteiger charge is -2.19. The Bertz CT molecular complexity index is 408. The number of nitrogens with two attached hydrogens (primary N) is 1. The van der Waals surface area contributed by atoms with E-state index < -0.39 is 0 Å². The third-order valence-electron chi connectivity index (χ3n) is 3.74. The molecule has 0 spiro atoms. The normalized spacial score (nSPS) is 24.1. The molecule has 0 aromatic heterocycles. The van der Waals surface area contributed by atoms with Crippen LogP contribution in [0.3, 0.4) is 0 Å². The van der Waals surface area contributed by atoms with Crippen molar-refractivity contribution >= 4 is 5.91 Å². The quantitative estimate of drug-likeness (QED) is 0.736. The number of aliphatic hydroxyl groups excluding tert-OH is 1. The maximum absolute atomic E-state index is 12.1. The molecule has 2 unspecified atom stereocenters. The molecule has 0 saturated heterocycles. The Morgan fingerprint density at radius 3 is 2.68 bits per heavy atom. The third-order valence-corrected chi connectivity index (χ3v) is 3.74. The fourth-order valence-electron chi connectivity index (χ4n) is 2.63. The van der Waals surface area contributed by atoms with Gasteiger partial charge in [0.25, 0.3) is 0 Å². The molecule has 0 heterocycles. The van der Waals surface area contributed by atoms with Crippen LogP contribution in [-0.2, 0) is 11.2 Å². The molecule has 1 aromatic rings. The number of rotatable bonds is 5. The van der Waals surface area contributed by atoms with E-state index in [2.05, 4.69) is 5.32 Å². The minimum atomic E-state index is -0.216. The van der Waals surface area contributed by atoms with Crippen molar-refractivity contribution in [1.82, 2.24) is 5.32 Å². The van der Waals surface area contributed by atoms with Crippen molar-refractivity contribution in [2.24, 2.45) is 11.7 Å². The van der Waals surface area contributed by atoms with Crippen LogP contribution in [0.25, 0.3) is 0 Å². The van der Waals surface area contributed by atoms with Gasteiger partial charge in [0.2, 0.25) is 5.91 Å². The van der Waals surface area contributed by atoms with Crippen molar-refractivity contribution in [3.63, 3.8) is 0 Å². The van der Waals surface area contributed by atoms with Crippen LogP contribution in [-0.4, -0.2) is 29.7 Å². The molecule has 2 rings (SSSR count). The molecular formula is C15H22N2O2. The zero-order chi connectivity index (χ0) is 13.7. The number of aliphatic hydroxyl groups is 1. The van der Waals surface area contributed by atoms with Crippen LogP contribution in [0, 0.1) is 5.92 Å². The number of carbonyl (C=O) groups excluding carboxylic acids is 1. The van der Waals surface area contributed by atoms with Gasteiger partial charge in [-0.1, -0.05) is 30.3 Å². The first kappa shape index (κ1) is 14.0. The molecule has 3 atom stereocenters. The van der Waals surface area contributed by atoms with Gasteiger partial charge in [-0.2, -0.15) is 0 Å². The SMILES string of the molecule is NC1CCC(C(=O)N[C@@H](CO)Cc2ccccc2)C1. The van der Waals surface area contributed by atoms with Crippen LogP contribution in [0.1, 0.15) is 24.8 Å². The monoisotopic (exact) mass is 262 g/mol. The summed E-state index contributed by atoms with van der Waals surface area (Å²) in [5, 5.41) is 12.3. The molecule has 1 amide bonds. The first-order valence-corrected chi connectivity index (χ1v) is 6.89. The highest BCUT2D eigenvalue weighted by Gasteiger charge is 2.28. The molecule has 1 aliphatic carbocycles. The topological polar surface area (TPSA) is 75.4 Å². The van der Waals surface area contributed by atoms with E-state index in [0.717, 1.165) is 24.8 Å². The Morgan fingerprint density at radius 2 is 2.11 bits per heavy atom. The summed E-state index contributed by atoms with van der Waals surface area (Å²) in [5.41, 5.74) is 6.94. The molecule has 4 N–H and O–H groups in total. The maximum atomic E-state index is 12.1. The van der Waals surface area contributed by atoms with E-state index in [-0.39, 0.29) is 30.5 Å². The number of carbonyl (C=O) groups is 1. The second kappa shape index (κ2) is 6.68. The molecule has 0 aliphatic heterocycles. The van der Waals surface area contributed by atoms with E-state index in [0.29, 0.717) is 6.42 Å². The van der Waals surface area contributed by atoms with Crippen molar-refractivity contribution < 1.29 is 9.90 Å². The molecule has 0 radical (unpaired) electrons. The average molecular weight is 262 g/mol. The zero-order valence-electron chi connectivity index (χ0n) is 11.1. The number of benzene rings is 1. The van der Waals surface area contributed by atoms with Gasteiger partial charge >= 0.3 is 0 Å². The second-order valence-electron chi connectivity index (χ2n) is 5.35. The van der Waals surface area contributed by atoms with Gasteiger partial charge in [0.1, 0.15) is 0 Å². The van der Waals surface area contributed by atoms with E-state index in [9.17, 15) is 9.90 Å². The van der Waals surface area contributed by atoms with E-state index in [1.165, 1.54) is 0 Å². The summed E-state index contributed by atoms with van der Waals surface area (Å²) in [6, 6.07) is 9.81. The molecule has 1 aromatic carbocycles. The van der Waals surface area contributed by atoms with Crippen molar-refractivity contribution in [3.05, 3.63) is 35.9 Å². The van der Waals surface area contributed by atoms with Gasteiger partial charge in [-0.15, -0.1) is 0 Å². The molecule has 1 saturated carbocycles. The Balaban J connectivity index is 1.87. The highest BCUT2D eigenvalue weighted by atomic mass is 16.3. The molecule has 1 aliphatic rings. The number of hydrogen-bond donors (Lipinski definition) is 3. The van der Waals surface area contributed by atoms with Crippen molar-refractivity contribution in [2.75, 3.05) is 6.61 Å². The molecule has 19 heavy (non-hydrogen) atoms. The Hall–Kier alpha value is -1.39. The predicted octanol–water partition coefficient (Wildman–Crippen LogP) is 0.834. The highest BCUT2D eigenvalue weighted by Crippen LogP contribution is 2.24. The Kier molecular flexibility index (Phi) is 4.93. The summed E-state index contributed by atoms with van der Waals surface area (Å²) in [5.74, 6) is 0.0442. The van der Waals surface area contributed by atoms with Crippen molar-refractivity contribution in [3.8, 4) is 0 Å². The summed E-state index contributed by atoms with van der Waals surface area (Å²) >= 11 is 0. The van der Waals surface area contributed by atoms with E-state index in [1.54, 1.807) is 0 Å². The lowest BCUT2D eigenvalue weighted by Crippen LogP contribution is -2.42. The van der Waals surface area contributed by atoms with Gasteiger partial charge in [0.15, 0.2) is 0 Å². The smallest absolute Gasteiger partial charge is 0.223 e. The summed E-state index contributed by atoms with van der Waals surface area (Å²) in [6.45, 7) is -0.0423. The van der Waals surface area contributed by atoms with Gasteiger partial charge in [-0.05, 0) is 31.2 Å². The molecule has 1 fully saturated rings. The number of amides is 1. The van der Waals surface area contributed by atoms with Crippen molar-refractivity contribution in [2.45, 2.75) is 37.8 Å². The number of nitrogens with one attached hydrogen (secondary N) is 1. The maximum Gasteiger partial charge on any atom is 0.223 e. The molecular weight excluding hydrogens is 240 g/mol.